The number of rotatable bonds is 5. The summed E-state index contributed by atoms with van der Waals surface area (Å²) in [6, 6.07) is 47.6. The summed E-state index contributed by atoms with van der Waals surface area (Å²) >= 11 is 0. The molecule has 0 bridgehead atoms. The number of benzene rings is 5. The molecule has 7 rings (SSSR count). The van der Waals surface area contributed by atoms with Crippen LogP contribution in [0.4, 0.5) is 0 Å². The number of aryl methyl sites for hydroxylation is 5. The molecule has 3 unspecified atom stereocenters. The van der Waals surface area contributed by atoms with Crippen molar-refractivity contribution in [3.8, 4) is 0 Å². The van der Waals surface area contributed by atoms with Crippen LogP contribution in [0.5, 0.6) is 0 Å². The molecule has 5 aromatic rings. The molecule has 0 N–H and O–H groups in total. The van der Waals surface area contributed by atoms with Crippen LogP contribution in [0.2, 0.25) is 0 Å². The normalized spacial score (nSPS) is 18.0. The third kappa shape index (κ3) is 8.21. The molecule has 0 spiro atoms. The Hall–Kier alpha value is -4.94. The molecule has 0 saturated carbocycles. The van der Waals surface area contributed by atoms with Crippen LogP contribution in [-0.4, -0.2) is 0 Å². The maximum Gasteiger partial charge on any atom is 0.0491 e. The van der Waals surface area contributed by atoms with E-state index < -0.39 is 0 Å². The maximum absolute atomic E-state index is 2.46. The van der Waals surface area contributed by atoms with E-state index in [-0.39, 0.29) is 5.41 Å². The Kier molecular flexibility index (Phi) is 12.2. The Morgan fingerprint density at radius 3 is 1.43 bits per heavy atom. The lowest BCUT2D eigenvalue weighted by atomic mass is 9.53. The van der Waals surface area contributed by atoms with Crippen molar-refractivity contribution in [2.75, 3.05) is 0 Å². The minimum atomic E-state index is -0.274. The molecule has 0 amide bonds. The quantitative estimate of drug-likeness (QED) is 0.179. The van der Waals surface area contributed by atoms with Crippen LogP contribution in [0, 0.1) is 46.5 Å². The number of allylic oxidation sites excluding steroid dienone is 8. The Bertz CT molecular complexity index is 1820. The first kappa shape index (κ1) is 35.4. The average molecular weight is 641 g/mol. The van der Waals surface area contributed by atoms with Gasteiger partial charge in [0.15, 0.2) is 0 Å². The van der Waals surface area contributed by atoms with E-state index in [9.17, 15) is 0 Å². The highest BCUT2D eigenvalue weighted by Crippen LogP contribution is 2.56. The molecule has 5 aromatic carbocycles. The van der Waals surface area contributed by atoms with Gasteiger partial charge >= 0.3 is 0 Å². The first-order valence-corrected chi connectivity index (χ1v) is 17.8. The summed E-state index contributed by atoms with van der Waals surface area (Å²) in [6.45, 7) is 13.4. The maximum atomic E-state index is 2.46. The zero-order valence-corrected chi connectivity index (χ0v) is 30.2. The predicted molar refractivity (Wildman–Crippen MR) is 212 cm³/mol. The zero-order valence-electron chi connectivity index (χ0n) is 30.2. The standard InChI is InChI=1S/C35H36.2C7H8/c1-25-15-8-11-21-30(25)34-28(4)18-14-24-33(34)35(29-19-6-5-7-20-29,31-22-12-9-16-26(31)2)32-23-13-10-17-27(32)3;2*1-7-5-3-2-4-6-7/h5-19,21-24,28-29,34H,20H2,1-4H3;2*2-6H,1H3. The Balaban J connectivity index is 0.000000276. The van der Waals surface area contributed by atoms with Crippen LogP contribution < -0.4 is 0 Å². The van der Waals surface area contributed by atoms with Gasteiger partial charge in [-0.3, -0.25) is 0 Å². The third-order valence-corrected chi connectivity index (χ3v) is 10.1. The molecule has 0 heteroatoms. The second-order valence-corrected chi connectivity index (χ2v) is 13.6. The second kappa shape index (κ2) is 16.9. The van der Waals surface area contributed by atoms with Gasteiger partial charge in [-0.1, -0.05) is 194 Å². The monoisotopic (exact) mass is 640 g/mol. The van der Waals surface area contributed by atoms with E-state index in [2.05, 4.69) is 181 Å². The molecule has 0 aromatic heterocycles. The molecule has 49 heavy (non-hydrogen) atoms. The minimum Gasteiger partial charge on any atom is -0.0839 e. The molecule has 0 heterocycles. The Labute approximate surface area is 296 Å². The molecule has 2 aliphatic rings. The van der Waals surface area contributed by atoms with Crippen molar-refractivity contribution in [3.63, 3.8) is 0 Å². The van der Waals surface area contributed by atoms with Gasteiger partial charge in [0.05, 0.1) is 0 Å². The predicted octanol–water partition coefficient (Wildman–Crippen LogP) is 12.9. The smallest absolute Gasteiger partial charge is 0.0491 e. The van der Waals surface area contributed by atoms with E-state index in [1.807, 2.05) is 36.4 Å². The highest BCUT2D eigenvalue weighted by molar-refractivity contribution is 5.60. The van der Waals surface area contributed by atoms with Gasteiger partial charge in [-0.15, -0.1) is 0 Å². The van der Waals surface area contributed by atoms with Gasteiger partial charge in [-0.05, 0) is 91.8 Å². The van der Waals surface area contributed by atoms with Gasteiger partial charge in [0.1, 0.15) is 0 Å². The summed E-state index contributed by atoms with van der Waals surface area (Å²) in [5, 5.41) is 0. The molecule has 0 nitrogen and oxygen atoms in total. The molecule has 0 fully saturated rings. The van der Waals surface area contributed by atoms with Crippen molar-refractivity contribution in [2.24, 2.45) is 11.8 Å². The zero-order chi connectivity index (χ0) is 34.6. The molecule has 0 radical (unpaired) electrons. The highest BCUT2D eigenvalue weighted by Gasteiger charge is 2.49. The van der Waals surface area contributed by atoms with Crippen LogP contribution in [0.1, 0.15) is 63.8 Å². The fourth-order valence-corrected chi connectivity index (χ4v) is 7.67. The van der Waals surface area contributed by atoms with Crippen LogP contribution >= 0.6 is 0 Å². The fraction of sp³-hybridized carbons (Fsp3) is 0.224. The molecule has 248 valence electrons. The van der Waals surface area contributed by atoms with Crippen molar-refractivity contribution in [3.05, 3.63) is 226 Å². The number of hydrogen-bond donors (Lipinski definition) is 0. The minimum absolute atomic E-state index is 0.274. The van der Waals surface area contributed by atoms with Crippen molar-refractivity contribution < 1.29 is 0 Å². The fourth-order valence-electron chi connectivity index (χ4n) is 7.67. The van der Waals surface area contributed by atoms with Crippen LogP contribution in [0.3, 0.4) is 0 Å². The largest absolute Gasteiger partial charge is 0.0839 e. The number of hydrogen-bond acceptors (Lipinski definition) is 0. The lowest BCUT2D eigenvalue weighted by molar-refractivity contribution is 0.393. The van der Waals surface area contributed by atoms with E-state index >= 15 is 0 Å². The summed E-state index contributed by atoms with van der Waals surface area (Å²) < 4.78 is 0. The van der Waals surface area contributed by atoms with Gasteiger partial charge in [0.25, 0.3) is 0 Å². The molecular weight excluding hydrogens is 589 g/mol. The van der Waals surface area contributed by atoms with Crippen LogP contribution in [-0.2, 0) is 5.41 Å². The van der Waals surface area contributed by atoms with Gasteiger partial charge < -0.3 is 0 Å². The average Bonchev–Trinajstić information content (AvgIpc) is 3.12. The third-order valence-electron chi connectivity index (χ3n) is 10.1. The van der Waals surface area contributed by atoms with Gasteiger partial charge in [0.2, 0.25) is 0 Å². The summed E-state index contributed by atoms with van der Waals surface area (Å²) in [7, 11) is 0. The molecule has 0 saturated heterocycles. The van der Waals surface area contributed by atoms with E-state index in [1.165, 1.54) is 50.1 Å². The summed E-state index contributed by atoms with van der Waals surface area (Å²) in [6.07, 6.45) is 17.4. The van der Waals surface area contributed by atoms with Crippen molar-refractivity contribution in [2.45, 2.75) is 59.3 Å². The van der Waals surface area contributed by atoms with E-state index in [1.54, 1.807) is 0 Å². The van der Waals surface area contributed by atoms with E-state index in [4.69, 9.17) is 0 Å². The van der Waals surface area contributed by atoms with Gasteiger partial charge in [-0.2, -0.15) is 0 Å². The second-order valence-electron chi connectivity index (χ2n) is 13.6. The molecule has 0 aliphatic heterocycles. The van der Waals surface area contributed by atoms with Crippen LogP contribution in [0.25, 0.3) is 0 Å². The first-order valence-electron chi connectivity index (χ1n) is 17.8. The molecule has 3 atom stereocenters. The van der Waals surface area contributed by atoms with E-state index in [0.29, 0.717) is 17.8 Å². The van der Waals surface area contributed by atoms with E-state index in [0.717, 1.165) is 6.42 Å². The van der Waals surface area contributed by atoms with Crippen molar-refractivity contribution in [1.82, 2.24) is 0 Å². The lowest BCUT2D eigenvalue weighted by Gasteiger charge is -2.49. The first-order chi connectivity index (χ1) is 23.8. The lowest BCUT2D eigenvalue weighted by Crippen LogP contribution is -2.43. The van der Waals surface area contributed by atoms with Crippen molar-refractivity contribution in [1.29, 1.82) is 0 Å². The topological polar surface area (TPSA) is 0 Å². The summed E-state index contributed by atoms with van der Waals surface area (Å²) in [5.74, 6) is 1.04. The summed E-state index contributed by atoms with van der Waals surface area (Å²) in [4.78, 5) is 0. The molecule has 2 aliphatic carbocycles. The SMILES string of the molecule is Cc1ccccc1.Cc1ccccc1.Cc1ccccc1C1C(C(c2ccccc2C)(c2ccccc2C)C2C=CC=CC2)=CC=CC1C. The highest BCUT2D eigenvalue weighted by atomic mass is 14.5. The van der Waals surface area contributed by atoms with Crippen molar-refractivity contribution >= 4 is 0 Å². The molecular formula is C49H52. The van der Waals surface area contributed by atoms with Gasteiger partial charge in [-0.25, -0.2) is 0 Å². The Morgan fingerprint density at radius 2 is 0.980 bits per heavy atom. The van der Waals surface area contributed by atoms with Gasteiger partial charge in [0, 0.05) is 11.3 Å². The Morgan fingerprint density at radius 1 is 0.490 bits per heavy atom. The van der Waals surface area contributed by atoms with Crippen LogP contribution in [0.15, 0.2) is 182 Å². The summed E-state index contributed by atoms with van der Waals surface area (Å²) in [5.41, 5.74) is 12.2.